The number of benzene rings is 2. The normalized spacial score (nSPS) is 19.0. The number of amides is 5. The number of ether oxygens (including phenoxy) is 3. The Balaban J connectivity index is 1.90. The molecule has 256 valence electrons. The molecule has 13 heteroatoms. The minimum Gasteiger partial charge on any atom is -0.493 e. The van der Waals surface area contributed by atoms with Gasteiger partial charge in [0.1, 0.15) is 12.1 Å². The third-order valence-electron chi connectivity index (χ3n) is 7.66. The van der Waals surface area contributed by atoms with Gasteiger partial charge in [-0.15, -0.1) is 0 Å². The van der Waals surface area contributed by atoms with Crippen molar-refractivity contribution >= 4 is 29.5 Å². The molecule has 2 atom stereocenters. The Morgan fingerprint density at radius 3 is 2.17 bits per heavy atom. The fourth-order valence-corrected chi connectivity index (χ4v) is 4.94. The first-order valence-corrected chi connectivity index (χ1v) is 15.8. The largest absolute Gasteiger partial charge is 0.493 e. The van der Waals surface area contributed by atoms with Crippen LogP contribution < -0.4 is 35.5 Å². The van der Waals surface area contributed by atoms with Gasteiger partial charge in [0.25, 0.3) is 5.91 Å². The van der Waals surface area contributed by atoms with E-state index in [4.69, 9.17) is 14.2 Å². The van der Waals surface area contributed by atoms with Crippen molar-refractivity contribution in [1.82, 2.24) is 26.2 Å². The third kappa shape index (κ3) is 10.3. The molecule has 3 heterocycles. The van der Waals surface area contributed by atoms with Crippen LogP contribution in [0.2, 0.25) is 0 Å². The van der Waals surface area contributed by atoms with Crippen LogP contribution in [0.15, 0.2) is 36.4 Å². The average molecular weight is 654 g/mol. The highest BCUT2D eigenvalue weighted by atomic mass is 16.5. The summed E-state index contributed by atoms with van der Waals surface area (Å²) in [6.07, 6.45) is 0.435. The second-order valence-corrected chi connectivity index (χ2v) is 12.0. The Morgan fingerprint density at radius 2 is 1.53 bits per heavy atom. The summed E-state index contributed by atoms with van der Waals surface area (Å²) in [7, 11) is 2.96. The van der Waals surface area contributed by atoms with Gasteiger partial charge in [0, 0.05) is 44.1 Å². The molecule has 5 amide bonds. The van der Waals surface area contributed by atoms with E-state index in [0.717, 1.165) is 5.56 Å². The summed E-state index contributed by atoms with van der Waals surface area (Å²) in [6, 6.07) is 8.25. The molecule has 3 aliphatic heterocycles. The Labute approximate surface area is 276 Å². The van der Waals surface area contributed by atoms with Crippen LogP contribution in [-0.4, -0.2) is 80.4 Å². The fourth-order valence-electron chi connectivity index (χ4n) is 4.94. The maximum absolute atomic E-state index is 13.1. The number of fused-ring (bicyclic) bond motifs is 2. The third-order valence-corrected chi connectivity index (χ3v) is 7.66. The Hall–Kier alpha value is -4.81. The number of methoxy groups -OCH3 is 2. The number of nitrogens with one attached hydrogen (secondary N) is 4. The van der Waals surface area contributed by atoms with Crippen molar-refractivity contribution in [2.24, 2.45) is 11.8 Å². The average Bonchev–Trinajstić information content (AvgIpc) is 3.04. The molecule has 0 radical (unpaired) electrons. The summed E-state index contributed by atoms with van der Waals surface area (Å²) in [5.74, 6) is -0.730. The van der Waals surface area contributed by atoms with Crippen LogP contribution >= 0.6 is 0 Å². The molecule has 3 aliphatic rings. The highest BCUT2D eigenvalue weighted by Crippen LogP contribution is 2.37. The van der Waals surface area contributed by atoms with Gasteiger partial charge in [0.15, 0.2) is 23.0 Å². The standard InChI is InChI=1S/C34H47N5O8/c1-20(2)30-33(43)36-19-23-10-12-25(27(17-23)45-6)47-26-13-11-24(18-28(26)46-7)32(42)35-14-16-39(34(44)21(3)4)15-8-9-29(40)37-22(5)31(41)38-30/h10-13,17-18,20-22,30H,8-9,14-16,19H2,1-7H3,(H,35,42)(H,36,43)(H,37,40)(H,38,41)/t22-,30+/m1/s1. The van der Waals surface area contributed by atoms with Crippen molar-refractivity contribution in [1.29, 1.82) is 0 Å². The van der Waals surface area contributed by atoms with Crippen molar-refractivity contribution in [2.75, 3.05) is 33.9 Å². The molecule has 0 aliphatic carbocycles. The number of carbonyl (C=O) groups excluding carboxylic acids is 5. The molecule has 5 rings (SSSR count). The summed E-state index contributed by atoms with van der Waals surface area (Å²) in [5, 5.41) is 11.1. The summed E-state index contributed by atoms with van der Waals surface area (Å²) in [6.45, 7) is 9.64. The van der Waals surface area contributed by atoms with Crippen molar-refractivity contribution in [3.8, 4) is 23.0 Å². The number of rotatable bonds is 4. The minimum atomic E-state index is -0.886. The molecule has 0 saturated heterocycles. The first-order valence-electron chi connectivity index (χ1n) is 15.8. The van der Waals surface area contributed by atoms with E-state index in [9.17, 15) is 24.0 Å². The zero-order chi connectivity index (χ0) is 34.7. The van der Waals surface area contributed by atoms with Gasteiger partial charge in [0.05, 0.1) is 14.2 Å². The smallest absolute Gasteiger partial charge is 0.251 e. The molecule has 0 saturated carbocycles. The lowest BCUT2D eigenvalue weighted by Gasteiger charge is -2.25. The predicted molar refractivity (Wildman–Crippen MR) is 175 cm³/mol. The van der Waals surface area contributed by atoms with E-state index in [-0.39, 0.29) is 61.5 Å². The lowest BCUT2D eigenvalue weighted by Crippen LogP contribution is -2.54. The van der Waals surface area contributed by atoms with Crippen molar-refractivity contribution < 1.29 is 38.2 Å². The van der Waals surface area contributed by atoms with Gasteiger partial charge in [-0.2, -0.15) is 0 Å². The lowest BCUT2D eigenvalue weighted by molar-refractivity contribution is -0.135. The topological polar surface area (TPSA) is 164 Å². The summed E-state index contributed by atoms with van der Waals surface area (Å²) < 4.78 is 17.1. The van der Waals surface area contributed by atoms with Gasteiger partial charge in [-0.1, -0.05) is 33.8 Å². The molecule has 13 nitrogen and oxygen atoms in total. The molecule has 0 unspecified atom stereocenters. The van der Waals surface area contributed by atoms with Crippen molar-refractivity contribution in [2.45, 2.75) is 66.1 Å². The Kier molecular flexibility index (Phi) is 13.4. The molecule has 2 aromatic rings. The molecular formula is C34H47N5O8. The zero-order valence-corrected chi connectivity index (χ0v) is 28.2. The first kappa shape index (κ1) is 36.7. The van der Waals surface area contributed by atoms with Crippen LogP contribution in [0.25, 0.3) is 0 Å². The Bertz CT molecular complexity index is 1440. The van der Waals surface area contributed by atoms with Gasteiger partial charge < -0.3 is 40.4 Å². The van der Waals surface area contributed by atoms with Gasteiger partial charge in [-0.05, 0) is 55.2 Å². The van der Waals surface area contributed by atoms with Crippen molar-refractivity contribution in [3.05, 3.63) is 47.5 Å². The zero-order valence-electron chi connectivity index (χ0n) is 28.2. The second kappa shape index (κ2) is 17.2. The van der Waals surface area contributed by atoms with E-state index in [1.165, 1.54) is 14.2 Å². The summed E-state index contributed by atoms with van der Waals surface area (Å²) >= 11 is 0. The first-order chi connectivity index (χ1) is 22.3. The Morgan fingerprint density at radius 1 is 0.872 bits per heavy atom. The quantitative estimate of drug-likeness (QED) is 0.391. The highest BCUT2D eigenvalue weighted by molar-refractivity contribution is 5.95. The summed E-state index contributed by atoms with van der Waals surface area (Å²) in [4.78, 5) is 66.3. The summed E-state index contributed by atoms with van der Waals surface area (Å²) in [5.41, 5.74) is 1.07. The van der Waals surface area contributed by atoms with E-state index in [1.54, 1.807) is 62.1 Å². The van der Waals surface area contributed by atoms with E-state index < -0.39 is 18.0 Å². The number of carbonyl (C=O) groups is 5. The van der Waals surface area contributed by atoms with Crippen LogP contribution in [0.4, 0.5) is 0 Å². The van der Waals surface area contributed by atoms with Crippen LogP contribution in [0.1, 0.15) is 63.4 Å². The van der Waals surface area contributed by atoms with Gasteiger partial charge in [-0.3, -0.25) is 24.0 Å². The fraction of sp³-hybridized carbons (Fsp3) is 0.500. The molecular weight excluding hydrogens is 606 g/mol. The monoisotopic (exact) mass is 653 g/mol. The minimum absolute atomic E-state index is 0.0798. The van der Waals surface area contributed by atoms with Crippen LogP contribution in [0, 0.1) is 11.8 Å². The highest BCUT2D eigenvalue weighted by Gasteiger charge is 2.27. The SMILES string of the molecule is COc1cc2ccc1Oc1ccc(cc1OC)C(=O)NCCN(C(=O)C(C)C)CCCC(=O)N[C@H](C)C(=O)N[C@@H](C(C)C)C(=O)NC2. The maximum Gasteiger partial charge on any atom is 0.251 e. The molecule has 47 heavy (non-hydrogen) atoms. The van der Waals surface area contributed by atoms with E-state index in [2.05, 4.69) is 21.3 Å². The van der Waals surface area contributed by atoms with E-state index in [1.807, 2.05) is 13.8 Å². The molecule has 0 aromatic heterocycles. The van der Waals surface area contributed by atoms with E-state index in [0.29, 0.717) is 41.5 Å². The lowest BCUT2D eigenvalue weighted by atomic mass is 10.0. The molecule has 4 N–H and O–H groups in total. The van der Waals surface area contributed by atoms with Crippen LogP contribution in [-0.2, 0) is 25.7 Å². The maximum atomic E-state index is 13.1. The molecule has 4 bridgehead atoms. The van der Waals surface area contributed by atoms with Crippen LogP contribution in [0.5, 0.6) is 23.0 Å². The van der Waals surface area contributed by atoms with Gasteiger partial charge in [0.2, 0.25) is 23.6 Å². The van der Waals surface area contributed by atoms with Gasteiger partial charge in [-0.25, -0.2) is 0 Å². The predicted octanol–water partition coefficient (Wildman–Crippen LogP) is 2.77. The second-order valence-electron chi connectivity index (χ2n) is 12.0. The number of hydrogen-bond donors (Lipinski definition) is 4. The number of nitrogens with zero attached hydrogens (tertiary/aromatic N) is 1. The number of hydrogen-bond acceptors (Lipinski definition) is 8. The van der Waals surface area contributed by atoms with Crippen molar-refractivity contribution in [3.63, 3.8) is 0 Å². The molecule has 0 spiro atoms. The van der Waals surface area contributed by atoms with Gasteiger partial charge >= 0.3 is 0 Å². The van der Waals surface area contributed by atoms with Crippen LogP contribution in [0.3, 0.4) is 0 Å². The molecule has 0 fully saturated rings. The van der Waals surface area contributed by atoms with E-state index >= 15 is 0 Å². The molecule has 2 aromatic carbocycles.